The molecule has 0 radical (unpaired) electrons. The SMILES string of the molecule is CCC(=O)c1cccc(Cn2nc(-c3cncc(CO)c3)ccc2=O)c1. The predicted octanol–water partition coefficient (Wildman–Crippen LogP) is 2.44. The molecule has 3 aromatic rings. The quantitative estimate of drug-likeness (QED) is 0.691. The highest BCUT2D eigenvalue weighted by molar-refractivity contribution is 5.95. The van der Waals surface area contributed by atoms with E-state index in [9.17, 15) is 14.7 Å². The highest BCUT2D eigenvalue weighted by Crippen LogP contribution is 2.16. The standard InChI is InChI=1S/C20H19N3O3/c1-2-19(25)16-5-3-4-14(8-16)12-23-20(26)7-6-18(22-23)17-9-15(13-24)10-21-11-17/h3-11,24H,2,12-13H2,1H3. The first kappa shape index (κ1) is 17.7. The van der Waals surface area contributed by atoms with E-state index in [1.165, 1.54) is 10.7 Å². The number of Topliss-reactive ketones (excluding diaryl/α,β-unsaturated/α-hetero) is 1. The van der Waals surface area contributed by atoms with E-state index in [0.717, 1.165) is 11.1 Å². The molecule has 132 valence electrons. The van der Waals surface area contributed by atoms with Crippen LogP contribution in [0.5, 0.6) is 0 Å². The van der Waals surface area contributed by atoms with E-state index in [1.54, 1.807) is 36.7 Å². The fourth-order valence-electron chi connectivity index (χ4n) is 2.65. The average Bonchev–Trinajstić information content (AvgIpc) is 2.69. The first-order chi connectivity index (χ1) is 12.6. The molecule has 6 heteroatoms. The Hall–Kier alpha value is -3.12. The van der Waals surface area contributed by atoms with Gasteiger partial charge in [-0.1, -0.05) is 25.1 Å². The number of aliphatic hydroxyl groups is 1. The van der Waals surface area contributed by atoms with Crippen LogP contribution >= 0.6 is 0 Å². The van der Waals surface area contributed by atoms with Gasteiger partial charge in [0.05, 0.1) is 18.8 Å². The van der Waals surface area contributed by atoms with Crippen LogP contribution in [0.3, 0.4) is 0 Å². The van der Waals surface area contributed by atoms with Gasteiger partial charge in [-0.2, -0.15) is 5.10 Å². The molecule has 0 bridgehead atoms. The van der Waals surface area contributed by atoms with Crippen molar-refractivity contribution in [2.24, 2.45) is 0 Å². The molecule has 6 nitrogen and oxygen atoms in total. The molecule has 0 spiro atoms. The normalized spacial score (nSPS) is 10.7. The van der Waals surface area contributed by atoms with E-state index in [-0.39, 0.29) is 24.5 Å². The van der Waals surface area contributed by atoms with E-state index in [2.05, 4.69) is 10.1 Å². The Kier molecular flexibility index (Phi) is 5.34. The van der Waals surface area contributed by atoms with Crippen molar-refractivity contribution in [1.82, 2.24) is 14.8 Å². The predicted molar refractivity (Wildman–Crippen MR) is 97.8 cm³/mol. The van der Waals surface area contributed by atoms with Crippen LogP contribution in [0.1, 0.15) is 34.8 Å². The summed E-state index contributed by atoms with van der Waals surface area (Å²) in [5.41, 5.74) is 3.22. The summed E-state index contributed by atoms with van der Waals surface area (Å²) in [6.07, 6.45) is 3.65. The summed E-state index contributed by atoms with van der Waals surface area (Å²) in [6.45, 7) is 1.97. The van der Waals surface area contributed by atoms with Crippen LogP contribution < -0.4 is 5.56 Å². The van der Waals surface area contributed by atoms with Gasteiger partial charge in [-0.05, 0) is 29.3 Å². The number of aromatic nitrogens is 3. The number of aliphatic hydroxyl groups excluding tert-OH is 1. The molecule has 0 saturated carbocycles. The van der Waals surface area contributed by atoms with Crippen LogP contribution in [0, 0.1) is 0 Å². The molecule has 0 amide bonds. The molecule has 0 atom stereocenters. The van der Waals surface area contributed by atoms with Gasteiger partial charge < -0.3 is 5.11 Å². The van der Waals surface area contributed by atoms with Gasteiger partial charge in [-0.25, -0.2) is 4.68 Å². The van der Waals surface area contributed by atoms with Crippen LogP contribution in [0.2, 0.25) is 0 Å². The number of ketones is 1. The Balaban J connectivity index is 1.93. The van der Waals surface area contributed by atoms with Gasteiger partial charge in [-0.3, -0.25) is 14.6 Å². The number of hydrogen-bond donors (Lipinski definition) is 1. The topological polar surface area (TPSA) is 85.1 Å². The maximum Gasteiger partial charge on any atom is 0.267 e. The molecule has 26 heavy (non-hydrogen) atoms. The van der Waals surface area contributed by atoms with Crippen LogP contribution in [0.25, 0.3) is 11.3 Å². The van der Waals surface area contributed by atoms with Crippen molar-refractivity contribution >= 4 is 5.78 Å². The average molecular weight is 349 g/mol. The van der Waals surface area contributed by atoms with Gasteiger partial charge in [-0.15, -0.1) is 0 Å². The van der Waals surface area contributed by atoms with Crippen molar-refractivity contribution in [2.75, 3.05) is 0 Å². The molecule has 0 unspecified atom stereocenters. The summed E-state index contributed by atoms with van der Waals surface area (Å²) in [7, 11) is 0. The van der Waals surface area contributed by atoms with Crippen molar-refractivity contribution in [3.63, 3.8) is 0 Å². The van der Waals surface area contributed by atoms with E-state index >= 15 is 0 Å². The Morgan fingerprint density at radius 1 is 1.12 bits per heavy atom. The molecular formula is C20H19N3O3. The number of carbonyl (C=O) groups excluding carboxylic acids is 1. The zero-order valence-corrected chi connectivity index (χ0v) is 14.4. The van der Waals surface area contributed by atoms with Gasteiger partial charge in [0.2, 0.25) is 0 Å². The highest BCUT2D eigenvalue weighted by atomic mass is 16.3. The minimum Gasteiger partial charge on any atom is -0.392 e. The van der Waals surface area contributed by atoms with E-state index in [4.69, 9.17) is 0 Å². The lowest BCUT2D eigenvalue weighted by molar-refractivity contribution is 0.0988. The Bertz CT molecular complexity index is 995. The van der Waals surface area contributed by atoms with Gasteiger partial charge in [0.1, 0.15) is 0 Å². The Morgan fingerprint density at radius 3 is 2.73 bits per heavy atom. The molecule has 2 heterocycles. The monoisotopic (exact) mass is 349 g/mol. The summed E-state index contributed by atoms with van der Waals surface area (Å²) >= 11 is 0. The minimum atomic E-state index is -0.229. The number of carbonyl (C=O) groups is 1. The van der Waals surface area contributed by atoms with Crippen LogP contribution in [-0.4, -0.2) is 25.7 Å². The number of pyridine rings is 1. The Labute approximate surface area is 150 Å². The smallest absolute Gasteiger partial charge is 0.267 e. The van der Waals surface area contributed by atoms with Gasteiger partial charge in [0.15, 0.2) is 5.78 Å². The fourth-order valence-corrected chi connectivity index (χ4v) is 2.65. The van der Waals surface area contributed by atoms with Crippen LogP contribution in [-0.2, 0) is 13.2 Å². The molecule has 0 fully saturated rings. The molecule has 3 rings (SSSR count). The van der Waals surface area contributed by atoms with E-state index in [0.29, 0.717) is 23.2 Å². The molecule has 0 aliphatic carbocycles. The zero-order valence-electron chi connectivity index (χ0n) is 14.4. The third-order valence-corrected chi connectivity index (χ3v) is 4.04. The lowest BCUT2D eigenvalue weighted by Crippen LogP contribution is -2.23. The first-order valence-corrected chi connectivity index (χ1v) is 8.36. The summed E-state index contributed by atoms with van der Waals surface area (Å²) in [5, 5.41) is 13.7. The molecule has 0 aliphatic heterocycles. The zero-order chi connectivity index (χ0) is 18.5. The Morgan fingerprint density at radius 2 is 1.96 bits per heavy atom. The number of hydrogen-bond acceptors (Lipinski definition) is 5. The van der Waals surface area contributed by atoms with Gasteiger partial charge in [0, 0.05) is 36.0 Å². The van der Waals surface area contributed by atoms with Gasteiger partial charge in [0.25, 0.3) is 5.56 Å². The molecule has 0 saturated heterocycles. The highest BCUT2D eigenvalue weighted by Gasteiger charge is 2.08. The largest absolute Gasteiger partial charge is 0.392 e. The maximum atomic E-state index is 12.2. The molecule has 1 N–H and O–H groups in total. The number of benzene rings is 1. The summed E-state index contributed by atoms with van der Waals surface area (Å²) in [5.74, 6) is 0.0628. The minimum absolute atomic E-state index is 0.0628. The van der Waals surface area contributed by atoms with Crippen LogP contribution in [0.15, 0.2) is 59.7 Å². The van der Waals surface area contributed by atoms with Crippen molar-refractivity contribution in [3.8, 4) is 11.3 Å². The number of nitrogens with zero attached hydrogens (tertiary/aromatic N) is 3. The summed E-state index contributed by atoms with van der Waals surface area (Å²) < 4.78 is 1.36. The van der Waals surface area contributed by atoms with Crippen molar-refractivity contribution < 1.29 is 9.90 Å². The summed E-state index contributed by atoms with van der Waals surface area (Å²) in [6, 6.07) is 12.1. The van der Waals surface area contributed by atoms with E-state index < -0.39 is 0 Å². The third-order valence-electron chi connectivity index (χ3n) is 4.04. The summed E-state index contributed by atoms with van der Waals surface area (Å²) in [4.78, 5) is 28.1. The second kappa shape index (κ2) is 7.84. The van der Waals surface area contributed by atoms with Gasteiger partial charge >= 0.3 is 0 Å². The van der Waals surface area contributed by atoms with Crippen molar-refractivity contribution in [2.45, 2.75) is 26.5 Å². The van der Waals surface area contributed by atoms with Crippen LogP contribution in [0.4, 0.5) is 0 Å². The van der Waals surface area contributed by atoms with Crippen molar-refractivity contribution in [3.05, 3.63) is 81.9 Å². The van der Waals surface area contributed by atoms with Crippen molar-refractivity contribution in [1.29, 1.82) is 0 Å². The molecular weight excluding hydrogens is 330 g/mol. The third kappa shape index (κ3) is 3.92. The second-order valence-corrected chi connectivity index (χ2v) is 5.93. The maximum absolute atomic E-state index is 12.2. The van der Waals surface area contributed by atoms with E-state index in [1.807, 2.05) is 19.1 Å². The molecule has 0 aliphatic rings. The lowest BCUT2D eigenvalue weighted by atomic mass is 10.1. The fraction of sp³-hybridized carbons (Fsp3) is 0.200. The lowest BCUT2D eigenvalue weighted by Gasteiger charge is -2.09. The first-order valence-electron chi connectivity index (χ1n) is 8.36. The molecule has 1 aromatic carbocycles. The molecule has 2 aromatic heterocycles. The number of rotatable bonds is 6. The second-order valence-electron chi connectivity index (χ2n) is 5.93.